The molecule has 14 heavy (non-hydrogen) atoms. The van der Waals surface area contributed by atoms with Gasteiger partial charge in [0.1, 0.15) is 10.4 Å². The molecular formula is C7H4ClNO4S. The number of H-pyrrole nitrogens is 1. The molecule has 0 saturated heterocycles. The normalized spacial score (nSPS) is 12.1. The van der Waals surface area contributed by atoms with E-state index < -0.39 is 14.7 Å². The fourth-order valence-corrected chi connectivity index (χ4v) is 2.18. The lowest BCUT2D eigenvalue weighted by Gasteiger charge is -1.94. The van der Waals surface area contributed by atoms with Crippen LogP contribution >= 0.6 is 10.7 Å². The number of hydrogen-bond acceptors (Lipinski definition) is 4. The molecule has 7 heteroatoms. The maximum Gasteiger partial charge on any atom is 0.365 e. The summed E-state index contributed by atoms with van der Waals surface area (Å²) in [4.78, 5) is 10.9. The number of halogens is 1. The average molecular weight is 234 g/mol. The minimum Gasteiger partial charge on any atom is -0.338 e. The van der Waals surface area contributed by atoms with E-state index in [0.29, 0.717) is 0 Å². The molecular weight excluding hydrogens is 230 g/mol. The van der Waals surface area contributed by atoms with Gasteiger partial charge in [0.25, 0.3) is 9.05 Å². The van der Waals surface area contributed by atoms with Gasteiger partial charge in [-0.25, -0.2) is 18.4 Å². The van der Waals surface area contributed by atoms with Crippen molar-refractivity contribution in [1.82, 2.24) is 5.16 Å². The number of nitrogens with one attached hydrogen (secondary N) is 1. The molecule has 0 radical (unpaired) electrons. The number of hydrogen-bond donors (Lipinski definition) is 1. The topological polar surface area (TPSA) is 80.1 Å². The third kappa shape index (κ3) is 1.32. The highest BCUT2D eigenvalue weighted by Gasteiger charge is 2.17. The van der Waals surface area contributed by atoms with Crippen LogP contribution in [0.2, 0.25) is 0 Å². The maximum atomic E-state index is 11.1. The van der Waals surface area contributed by atoms with Crippen molar-refractivity contribution < 1.29 is 12.9 Å². The first-order valence-electron chi connectivity index (χ1n) is 3.55. The highest BCUT2D eigenvalue weighted by atomic mass is 35.7. The second kappa shape index (κ2) is 2.86. The van der Waals surface area contributed by atoms with Crippen LogP contribution in [0.25, 0.3) is 10.9 Å². The lowest BCUT2D eigenvalue weighted by molar-refractivity contribution is 0.399. The van der Waals surface area contributed by atoms with Gasteiger partial charge in [0.15, 0.2) is 0 Å². The van der Waals surface area contributed by atoms with Crippen LogP contribution in [-0.2, 0) is 9.05 Å². The second-order valence-electron chi connectivity index (χ2n) is 2.61. The number of rotatable bonds is 1. The summed E-state index contributed by atoms with van der Waals surface area (Å²) >= 11 is 0. The summed E-state index contributed by atoms with van der Waals surface area (Å²) < 4.78 is 26.6. The Morgan fingerprint density at radius 1 is 1.36 bits per heavy atom. The molecule has 0 aliphatic heterocycles. The Balaban J connectivity index is 3.00. The van der Waals surface area contributed by atoms with Crippen molar-refractivity contribution in [3.8, 4) is 0 Å². The molecule has 0 atom stereocenters. The molecule has 1 aromatic heterocycles. The zero-order chi connectivity index (χ0) is 10.3. The molecule has 0 spiro atoms. The Kier molecular flexibility index (Phi) is 1.90. The van der Waals surface area contributed by atoms with E-state index in [1.807, 2.05) is 0 Å². The van der Waals surface area contributed by atoms with Crippen molar-refractivity contribution in [2.24, 2.45) is 0 Å². The van der Waals surface area contributed by atoms with Crippen molar-refractivity contribution in [2.75, 3.05) is 0 Å². The zero-order valence-corrected chi connectivity index (χ0v) is 8.22. The molecule has 0 fully saturated rings. The van der Waals surface area contributed by atoms with Gasteiger partial charge < -0.3 is 4.52 Å². The highest BCUT2D eigenvalue weighted by Crippen LogP contribution is 2.21. The molecule has 0 unspecified atom stereocenters. The van der Waals surface area contributed by atoms with Crippen molar-refractivity contribution >= 4 is 30.6 Å². The third-order valence-electron chi connectivity index (χ3n) is 1.75. The van der Waals surface area contributed by atoms with Gasteiger partial charge in [-0.15, -0.1) is 0 Å². The monoisotopic (exact) mass is 233 g/mol. The second-order valence-corrected chi connectivity index (χ2v) is 5.14. The third-order valence-corrected chi connectivity index (χ3v) is 3.12. The maximum absolute atomic E-state index is 11.1. The summed E-state index contributed by atoms with van der Waals surface area (Å²) in [5, 5.41) is 2.37. The summed E-state index contributed by atoms with van der Waals surface area (Å²) in [5.41, 5.74) is -0.533. The highest BCUT2D eigenvalue weighted by molar-refractivity contribution is 8.14. The first kappa shape index (κ1) is 9.29. The van der Waals surface area contributed by atoms with Gasteiger partial charge in [0.05, 0.1) is 5.39 Å². The fourth-order valence-electron chi connectivity index (χ4n) is 1.16. The molecule has 2 aromatic rings. The first-order valence-corrected chi connectivity index (χ1v) is 5.86. The number of aromatic amines is 1. The molecule has 0 bridgehead atoms. The Hall–Kier alpha value is -1.27. The van der Waals surface area contributed by atoms with Gasteiger partial charge in [0.2, 0.25) is 0 Å². The van der Waals surface area contributed by atoms with Crippen LogP contribution in [0.3, 0.4) is 0 Å². The molecule has 1 N–H and O–H groups in total. The summed E-state index contributed by atoms with van der Waals surface area (Å²) in [7, 11) is 1.28. The Morgan fingerprint density at radius 3 is 2.71 bits per heavy atom. The fraction of sp³-hybridized carbons (Fsp3) is 0. The molecule has 0 amide bonds. The van der Waals surface area contributed by atoms with Gasteiger partial charge in [-0.05, 0) is 12.1 Å². The van der Waals surface area contributed by atoms with Crippen LogP contribution in [0.4, 0.5) is 0 Å². The first-order chi connectivity index (χ1) is 6.50. The summed E-state index contributed by atoms with van der Waals surface area (Å²) in [5.74, 6) is 0. The van der Waals surface area contributed by atoms with Crippen LogP contribution < -0.4 is 5.63 Å². The van der Waals surface area contributed by atoms with E-state index in [2.05, 4.69) is 9.68 Å². The number of benzene rings is 1. The standard InChI is InChI=1S/C7H4ClNO4S/c8-14(11,12)5-3-1-2-4-6(5)9-13-7(4)10/h1-3,9H. The van der Waals surface area contributed by atoms with E-state index in [4.69, 9.17) is 10.7 Å². The van der Waals surface area contributed by atoms with E-state index in [1.54, 1.807) is 0 Å². The van der Waals surface area contributed by atoms with Crippen molar-refractivity contribution in [3.05, 3.63) is 28.6 Å². The molecule has 1 aromatic carbocycles. The Morgan fingerprint density at radius 2 is 2.07 bits per heavy atom. The van der Waals surface area contributed by atoms with Crippen molar-refractivity contribution in [2.45, 2.75) is 4.90 Å². The summed E-state index contributed by atoms with van der Waals surface area (Å²) in [6.07, 6.45) is 0. The van der Waals surface area contributed by atoms with Crippen LogP contribution in [-0.4, -0.2) is 13.6 Å². The molecule has 0 aliphatic rings. The van der Waals surface area contributed by atoms with E-state index in [9.17, 15) is 13.2 Å². The minimum atomic E-state index is -3.87. The quantitative estimate of drug-likeness (QED) is 0.747. The molecule has 74 valence electrons. The molecule has 0 saturated carbocycles. The predicted octanol–water partition coefficient (Wildman–Crippen LogP) is 1.05. The van der Waals surface area contributed by atoms with Crippen LogP contribution in [0.1, 0.15) is 0 Å². The van der Waals surface area contributed by atoms with Crippen molar-refractivity contribution in [3.63, 3.8) is 0 Å². The lowest BCUT2D eigenvalue weighted by atomic mass is 10.3. The molecule has 0 aliphatic carbocycles. The summed E-state index contributed by atoms with van der Waals surface area (Å²) in [6.45, 7) is 0. The van der Waals surface area contributed by atoms with Crippen molar-refractivity contribution in [1.29, 1.82) is 0 Å². The largest absolute Gasteiger partial charge is 0.365 e. The van der Waals surface area contributed by atoms with Crippen LogP contribution in [0.15, 0.2) is 32.4 Å². The smallest absolute Gasteiger partial charge is 0.338 e. The Bertz CT molecular complexity index is 639. The van der Waals surface area contributed by atoms with E-state index in [1.165, 1.54) is 18.2 Å². The average Bonchev–Trinajstić information content (AvgIpc) is 2.46. The van der Waals surface area contributed by atoms with E-state index in [-0.39, 0.29) is 15.8 Å². The Labute approximate surface area is 82.7 Å². The molecule has 2 rings (SSSR count). The van der Waals surface area contributed by atoms with Gasteiger partial charge in [-0.2, -0.15) is 0 Å². The number of para-hydroxylation sites is 1. The number of aromatic nitrogens is 1. The predicted molar refractivity (Wildman–Crippen MR) is 49.9 cm³/mol. The number of fused-ring (bicyclic) bond motifs is 1. The summed E-state index contributed by atoms with van der Waals surface area (Å²) in [6, 6.07) is 4.15. The van der Waals surface area contributed by atoms with Crippen LogP contribution in [0, 0.1) is 0 Å². The zero-order valence-electron chi connectivity index (χ0n) is 6.65. The van der Waals surface area contributed by atoms with E-state index in [0.717, 1.165) is 0 Å². The molecule has 5 nitrogen and oxygen atoms in total. The minimum absolute atomic E-state index is 0.0903. The van der Waals surface area contributed by atoms with Gasteiger partial charge in [-0.3, -0.25) is 0 Å². The van der Waals surface area contributed by atoms with Crippen LogP contribution in [0.5, 0.6) is 0 Å². The SMILES string of the molecule is O=c1o[nH]c2c(S(=O)(=O)Cl)cccc12. The van der Waals surface area contributed by atoms with Gasteiger partial charge in [0, 0.05) is 10.7 Å². The van der Waals surface area contributed by atoms with Gasteiger partial charge >= 0.3 is 5.63 Å². The lowest BCUT2D eigenvalue weighted by Crippen LogP contribution is -1.94. The molecule has 1 heterocycles. The van der Waals surface area contributed by atoms with E-state index >= 15 is 0 Å². The van der Waals surface area contributed by atoms with Gasteiger partial charge in [-0.1, -0.05) is 6.07 Å².